The largest absolute Gasteiger partial charge is 0.390 e. The Hall–Kier alpha value is -0.650. The molecule has 52 valence electrons. The minimum absolute atomic E-state index is 0.0833. The van der Waals surface area contributed by atoms with E-state index >= 15 is 0 Å². The van der Waals surface area contributed by atoms with Gasteiger partial charge in [-0.25, -0.2) is 0 Å². The van der Waals surface area contributed by atoms with E-state index < -0.39 is 12.6 Å². The van der Waals surface area contributed by atoms with Gasteiger partial charge in [-0.2, -0.15) is 13.2 Å². The molecule has 0 saturated carbocycles. The van der Waals surface area contributed by atoms with Crippen LogP contribution in [0.2, 0.25) is 0 Å². The van der Waals surface area contributed by atoms with Gasteiger partial charge >= 0.3 is 6.18 Å². The van der Waals surface area contributed by atoms with E-state index in [4.69, 9.17) is 0 Å². The highest BCUT2D eigenvalue weighted by Gasteiger charge is 2.25. The van der Waals surface area contributed by atoms with Crippen LogP contribution in [0.4, 0.5) is 13.2 Å². The molecule has 3 heteroatoms. The molecule has 0 saturated heterocycles. The lowest BCUT2D eigenvalue weighted by molar-refractivity contribution is -0.133. The predicted molar refractivity (Wildman–Crippen MR) is 28.7 cm³/mol. The van der Waals surface area contributed by atoms with Crippen molar-refractivity contribution in [3.05, 3.63) is 0 Å². The summed E-state index contributed by atoms with van der Waals surface area (Å²) in [5, 5.41) is 0. The summed E-state index contributed by atoms with van der Waals surface area (Å²) < 4.78 is 33.9. The summed E-state index contributed by atoms with van der Waals surface area (Å²) in [7, 11) is 0. The number of hydrogen-bond acceptors (Lipinski definition) is 0. The normalized spacial score (nSPS) is 10.2. The van der Waals surface area contributed by atoms with Gasteiger partial charge in [-0.3, -0.25) is 0 Å². The van der Waals surface area contributed by atoms with Crippen LogP contribution in [-0.2, 0) is 0 Å². The maximum Gasteiger partial charge on any atom is 0.390 e. The van der Waals surface area contributed by atoms with Crippen LogP contribution in [0.3, 0.4) is 0 Å². The quantitative estimate of drug-likeness (QED) is 0.485. The molecule has 0 aliphatic rings. The van der Waals surface area contributed by atoms with Crippen molar-refractivity contribution in [3.63, 3.8) is 0 Å². The van der Waals surface area contributed by atoms with Crippen LogP contribution in [0.25, 0.3) is 0 Å². The fourth-order valence-electron chi connectivity index (χ4n) is 0.329. The molecule has 0 bridgehead atoms. The zero-order chi connectivity index (χ0) is 7.33. The standard InChI is InChI=1S/C6H7F3/c1-2-3-4-5-6(7,8)9/h4-5H2,1H3. The number of rotatable bonds is 1. The SMILES string of the molecule is CC#CCCC(F)(F)F. The molecule has 0 amide bonds. The van der Waals surface area contributed by atoms with Gasteiger partial charge in [0.25, 0.3) is 0 Å². The van der Waals surface area contributed by atoms with Gasteiger partial charge in [0.1, 0.15) is 0 Å². The van der Waals surface area contributed by atoms with Crippen LogP contribution < -0.4 is 0 Å². The van der Waals surface area contributed by atoms with E-state index in [1.54, 1.807) is 0 Å². The molecule has 0 atom stereocenters. The summed E-state index contributed by atoms with van der Waals surface area (Å²) in [6, 6.07) is 0. The van der Waals surface area contributed by atoms with E-state index in [0.717, 1.165) is 0 Å². The van der Waals surface area contributed by atoms with Gasteiger partial charge in [0, 0.05) is 6.42 Å². The Morgan fingerprint density at radius 2 is 1.89 bits per heavy atom. The first kappa shape index (κ1) is 8.35. The first-order valence-electron chi connectivity index (χ1n) is 2.52. The van der Waals surface area contributed by atoms with Crippen molar-refractivity contribution in [3.8, 4) is 11.8 Å². The van der Waals surface area contributed by atoms with Crippen molar-refractivity contribution < 1.29 is 13.2 Å². The summed E-state index contributed by atoms with van der Waals surface area (Å²) in [6.07, 6.45) is -4.93. The maximum atomic E-state index is 11.3. The molecule has 0 nitrogen and oxygen atoms in total. The van der Waals surface area contributed by atoms with Crippen LogP contribution in [0.15, 0.2) is 0 Å². The molecule has 0 heterocycles. The van der Waals surface area contributed by atoms with Crippen molar-refractivity contribution in [1.29, 1.82) is 0 Å². The molecule has 0 N–H and O–H groups in total. The lowest BCUT2D eigenvalue weighted by Gasteiger charge is -2.00. The maximum absolute atomic E-state index is 11.3. The van der Waals surface area contributed by atoms with E-state index in [0.29, 0.717) is 0 Å². The Kier molecular flexibility index (Phi) is 3.15. The first-order chi connectivity index (χ1) is 4.06. The van der Waals surface area contributed by atoms with E-state index in [2.05, 4.69) is 11.8 Å². The zero-order valence-electron chi connectivity index (χ0n) is 5.05. The Morgan fingerprint density at radius 1 is 1.33 bits per heavy atom. The summed E-state index contributed by atoms with van der Waals surface area (Å²) in [5.41, 5.74) is 0. The second-order valence-electron chi connectivity index (χ2n) is 1.54. The molecule has 0 aliphatic heterocycles. The van der Waals surface area contributed by atoms with Gasteiger partial charge in [0.05, 0.1) is 6.42 Å². The fourth-order valence-corrected chi connectivity index (χ4v) is 0.329. The van der Waals surface area contributed by atoms with E-state index in [1.165, 1.54) is 6.92 Å². The van der Waals surface area contributed by atoms with E-state index in [9.17, 15) is 13.2 Å². The third-order valence-corrected chi connectivity index (χ3v) is 0.710. The number of halogens is 3. The zero-order valence-corrected chi connectivity index (χ0v) is 5.05. The molecule has 0 spiro atoms. The van der Waals surface area contributed by atoms with Crippen LogP contribution in [0.5, 0.6) is 0 Å². The summed E-state index contributed by atoms with van der Waals surface area (Å²) in [6.45, 7) is 1.52. The Bertz CT molecular complexity index is 123. The van der Waals surface area contributed by atoms with Gasteiger partial charge in [-0.05, 0) is 6.92 Å². The molecule has 0 unspecified atom stereocenters. The molecule has 0 aromatic rings. The minimum atomic E-state index is -4.05. The van der Waals surface area contributed by atoms with Crippen molar-refractivity contribution in [2.45, 2.75) is 25.9 Å². The molecule has 0 aromatic heterocycles. The Labute approximate surface area is 52.1 Å². The fraction of sp³-hybridized carbons (Fsp3) is 0.667. The number of alkyl halides is 3. The molecule has 0 aromatic carbocycles. The average Bonchev–Trinajstić information content (AvgIpc) is 1.63. The lowest BCUT2D eigenvalue weighted by atomic mass is 10.3. The minimum Gasteiger partial charge on any atom is -0.171 e. The molecule has 0 aliphatic carbocycles. The summed E-state index contributed by atoms with van der Waals surface area (Å²) in [5.74, 6) is 4.73. The van der Waals surface area contributed by atoms with Crippen LogP contribution in [-0.4, -0.2) is 6.18 Å². The Balaban J connectivity index is 3.36. The van der Waals surface area contributed by atoms with E-state index in [1.807, 2.05) is 0 Å². The third-order valence-electron chi connectivity index (χ3n) is 0.710. The average molecular weight is 136 g/mol. The van der Waals surface area contributed by atoms with Gasteiger partial charge < -0.3 is 0 Å². The lowest BCUT2D eigenvalue weighted by Crippen LogP contribution is -2.05. The molecule has 0 fully saturated rings. The van der Waals surface area contributed by atoms with Gasteiger partial charge in [0.2, 0.25) is 0 Å². The van der Waals surface area contributed by atoms with Crippen molar-refractivity contribution in [2.75, 3.05) is 0 Å². The topological polar surface area (TPSA) is 0 Å². The predicted octanol–water partition coefficient (Wildman–Crippen LogP) is 2.35. The van der Waals surface area contributed by atoms with Crippen LogP contribution in [0.1, 0.15) is 19.8 Å². The highest BCUT2D eigenvalue weighted by molar-refractivity contribution is 4.94. The second kappa shape index (κ2) is 3.39. The van der Waals surface area contributed by atoms with Crippen LogP contribution >= 0.6 is 0 Å². The second-order valence-corrected chi connectivity index (χ2v) is 1.54. The highest BCUT2D eigenvalue weighted by atomic mass is 19.4. The third kappa shape index (κ3) is 7.35. The van der Waals surface area contributed by atoms with Crippen molar-refractivity contribution in [1.82, 2.24) is 0 Å². The summed E-state index contributed by atoms with van der Waals surface area (Å²) in [4.78, 5) is 0. The molecule has 0 rings (SSSR count). The van der Waals surface area contributed by atoms with Gasteiger partial charge in [-0.1, -0.05) is 0 Å². The van der Waals surface area contributed by atoms with Crippen molar-refractivity contribution >= 4 is 0 Å². The van der Waals surface area contributed by atoms with Gasteiger partial charge in [0.15, 0.2) is 0 Å². The number of hydrogen-bond donors (Lipinski definition) is 0. The molecule has 9 heavy (non-hydrogen) atoms. The molecular weight excluding hydrogens is 129 g/mol. The van der Waals surface area contributed by atoms with Crippen LogP contribution in [0, 0.1) is 11.8 Å². The molecule has 0 radical (unpaired) electrons. The molecular formula is C6H7F3. The highest BCUT2D eigenvalue weighted by Crippen LogP contribution is 2.20. The monoisotopic (exact) mass is 136 g/mol. The summed E-state index contributed by atoms with van der Waals surface area (Å²) >= 11 is 0. The Morgan fingerprint density at radius 3 is 2.22 bits per heavy atom. The van der Waals surface area contributed by atoms with Gasteiger partial charge in [-0.15, -0.1) is 11.8 Å². The van der Waals surface area contributed by atoms with Crippen molar-refractivity contribution in [2.24, 2.45) is 0 Å². The first-order valence-corrected chi connectivity index (χ1v) is 2.52. The van der Waals surface area contributed by atoms with E-state index in [-0.39, 0.29) is 6.42 Å². The smallest absolute Gasteiger partial charge is 0.171 e.